The van der Waals surface area contributed by atoms with Crippen LogP contribution in [0.2, 0.25) is 0 Å². The molecule has 0 aromatic heterocycles. The predicted octanol–water partition coefficient (Wildman–Crippen LogP) is 2.69. The summed E-state index contributed by atoms with van der Waals surface area (Å²) in [5, 5.41) is 11.6. The van der Waals surface area contributed by atoms with E-state index in [2.05, 4.69) is 10.0 Å². The van der Waals surface area contributed by atoms with Crippen LogP contribution in [0.4, 0.5) is 5.69 Å². The number of anilines is 1. The van der Waals surface area contributed by atoms with Crippen molar-refractivity contribution in [2.45, 2.75) is 4.90 Å². The number of sulfonamides is 1. The fraction of sp³-hybridized carbons (Fsp3) is 0.0870. The summed E-state index contributed by atoms with van der Waals surface area (Å²) >= 11 is 0. The minimum Gasteiger partial charge on any atom is -0.455 e. The van der Waals surface area contributed by atoms with Crippen molar-refractivity contribution < 1.29 is 22.7 Å². The molecule has 0 unspecified atom stereocenters. The lowest BCUT2D eigenvalue weighted by Crippen LogP contribution is -2.32. The fourth-order valence-electron chi connectivity index (χ4n) is 2.81. The van der Waals surface area contributed by atoms with Crippen LogP contribution in [0.5, 0.6) is 0 Å². The summed E-state index contributed by atoms with van der Waals surface area (Å²) in [6.07, 6.45) is 0. The molecule has 8 nitrogen and oxygen atoms in total. The van der Waals surface area contributed by atoms with Gasteiger partial charge in [0.2, 0.25) is 10.0 Å². The van der Waals surface area contributed by atoms with E-state index in [4.69, 9.17) is 10.00 Å². The van der Waals surface area contributed by atoms with Gasteiger partial charge in [-0.1, -0.05) is 54.6 Å². The van der Waals surface area contributed by atoms with Crippen LogP contribution in [0.15, 0.2) is 83.8 Å². The van der Waals surface area contributed by atoms with E-state index in [1.54, 1.807) is 12.1 Å². The van der Waals surface area contributed by atoms with Crippen molar-refractivity contribution in [3.05, 3.63) is 84.4 Å². The smallest absolute Gasteiger partial charge is 0.321 e. The Morgan fingerprint density at radius 3 is 2.41 bits per heavy atom. The molecule has 0 heterocycles. The first-order valence-corrected chi connectivity index (χ1v) is 11.0. The monoisotopic (exact) mass is 449 g/mol. The molecule has 0 atom stereocenters. The number of hydrogen-bond donors (Lipinski definition) is 2. The molecule has 0 spiro atoms. The molecule has 0 aliphatic carbocycles. The predicted molar refractivity (Wildman–Crippen MR) is 118 cm³/mol. The van der Waals surface area contributed by atoms with Crippen LogP contribution < -0.4 is 10.0 Å². The van der Waals surface area contributed by atoms with Crippen molar-refractivity contribution in [1.82, 2.24) is 4.72 Å². The largest absolute Gasteiger partial charge is 0.455 e. The van der Waals surface area contributed by atoms with Crippen LogP contribution in [-0.4, -0.2) is 33.4 Å². The molecule has 0 bridgehead atoms. The van der Waals surface area contributed by atoms with Crippen LogP contribution in [0.3, 0.4) is 0 Å². The van der Waals surface area contributed by atoms with Gasteiger partial charge in [-0.25, -0.2) is 8.42 Å². The number of amides is 1. The van der Waals surface area contributed by atoms with Gasteiger partial charge in [-0.3, -0.25) is 9.59 Å². The molecule has 3 rings (SSSR count). The molecule has 0 fully saturated rings. The first kappa shape index (κ1) is 22.7. The average Bonchev–Trinajstić information content (AvgIpc) is 2.82. The van der Waals surface area contributed by atoms with Crippen molar-refractivity contribution in [2.75, 3.05) is 18.5 Å². The summed E-state index contributed by atoms with van der Waals surface area (Å²) < 4.78 is 31.5. The van der Waals surface area contributed by atoms with E-state index >= 15 is 0 Å². The van der Waals surface area contributed by atoms with E-state index in [-0.39, 0.29) is 10.5 Å². The molecule has 0 radical (unpaired) electrons. The first-order chi connectivity index (χ1) is 15.4. The third kappa shape index (κ3) is 6.01. The van der Waals surface area contributed by atoms with E-state index in [0.717, 1.165) is 11.1 Å². The zero-order valence-corrected chi connectivity index (χ0v) is 17.6. The van der Waals surface area contributed by atoms with E-state index in [1.807, 2.05) is 48.5 Å². The highest BCUT2D eigenvalue weighted by atomic mass is 32.2. The quantitative estimate of drug-likeness (QED) is 0.510. The summed E-state index contributed by atoms with van der Waals surface area (Å²) in [7, 11) is -4.01. The highest BCUT2D eigenvalue weighted by Gasteiger charge is 2.17. The number of hydrogen-bond acceptors (Lipinski definition) is 6. The number of nitriles is 1. The number of ether oxygens (including phenoxy) is 1. The molecule has 162 valence electrons. The Morgan fingerprint density at radius 2 is 1.66 bits per heavy atom. The third-order valence-corrected chi connectivity index (χ3v) is 5.73. The number of esters is 1. The number of nitrogens with one attached hydrogen (secondary N) is 2. The molecule has 1 amide bonds. The van der Waals surface area contributed by atoms with Gasteiger partial charge < -0.3 is 10.1 Å². The lowest BCUT2D eigenvalue weighted by Gasteiger charge is -2.12. The zero-order chi connectivity index (χ0) is 23.0. The summed E-state index contributed by atoms with van der Waals surface area (Å²) in [5.41, 5.74) is 2.44. The maximum atomic E-state index is 12.2. The molecule has 0 saturated carbocycles. The lowest BCUT2D eigenvalue weighted by atomic mass is 10.0. The molecule has 2 N–H and O–H groups in total. The summed E-state index contributed by atoms with van der Waals surface area (Å²) in [4.78, 5) is 24.0. The Morgan fingerprint density at radius 1 is 0.938 bits per heavy atom. The van der Waals surface area contributed by atoms with Crippen LogP contribution in [0.1, 0.15) is 5.56 Å². The highest BCUT2D eigenvalue weighted by Crippen LogP contribution is 2.27. The summed E-state index contributed by atoms with van der Waals surface area (Å²) in [5.74, 6) is -1.48. The summed E-state index contributed by atoms with van der Waals surface area (Å²) in [6, 6.07) is 23.9. The molecular weight excluding hydrogens is 430 g/mol. The van der Waals surface area contributed by atoms with Crippen molar-refractivity contribution in [3.63, 3.8) is 0 Å². The SMILES string of the molecule is N#Cc1cccc(S(=O)(=O)NCC(=O)OCC(=O)Nc2ccccc2-c2ccccc2)c1. The van der Waals surface area contributed by atoms with Crippen molar-refractivity contribution in [3.8, 4) is 17.2 Å². The Labute approximate surface area is 185 Å². The van der Waals surface area contributed by atoms with E-state index in [9.17, 15) is 18.0 Å². The zero-order valence-electron chi connectivity index (χ0n) is 16.8. The van der Waals surface area contributed by atoms with Gasteiger partial charge in [0.15, 0.2) is 6.61 Å². The number of rotatable bonds is 8. The standard InChI is InChI=1S/C23H19N3O5S/c24-14-17-7-6-10-19(13-17)32(29,30)25-15-23(28)31-16-22(27)26-21-12-5-4-11-20(21)18-8-2-1-3-9-18/h1-13,25H,15-16H2,(H,26,27). The van der Waals surface area contributed by atoms with Crippen molar-refractivity contribution in [2.24, 2.45) is 0 Å². The van der Waals surface area contributed by atoms with Crippen LogP contribution in [0.25, 0.3) is 11.1 Å². The Kier molecular flexibility index (Phi) is 7.33. The molecule has 0 saturated heterocycles. The molecular formula is C23H19N3O5S. The number of carbonyl (C=O) groups excluding carboxylic acids is 2. The van der Waals surface area contributed by atoms with E-state index in [1.165, 1.54) is 24.3 Å². The van der Waals surface area contributed by atoms with Crippen LogP contribution in [0, 0.1) is 11.3 Å². The van der Waals surface area contributed by atoms with Crippen LogP contribution in [-0.2, 0) is 24.3 Å². The topological polar surface area (TPSA) is 125 Å². The molecule has 0 aliphatic heterocycles. The minimum atomic E-state index is -4.01. The van der Waals surface area contributed by atoms with E-state index < -0.39 is 35.1 Å². The Bertz CT molecular complexity index is 1270. The van der Waals surface area contributed by atoms with Gasteiger partial charge in [-0.05, 0) is 29.8 Å². The van der Waals surface area contributed by atoms with E-state index in [0.29, 0.717) is 5.69 Å². The fourth-order valence-corrected chi connectivity index (χ4v) is 3.83. The lowest BCUT2D eigenvalue weighted by molar-refractivity contribution is -0.146. The average molecular weight is 449 g/mol. The molecule has 0 aliphatic rings. The number of benzene rings is 3. The number of carbonyl (C=O) groups is 2. The van der Waals surface area contributed by atoms with Gasteiger partial charge in [0.25, 0.3) is 5.91 Å². The van der Waals surface area contributed by atoms with Gasteiger partial charge in [0, 0.05) is 11.3 Å². The van der Waals surface area contributed by atoms with Gasteiger partial charge in [0.05, 0.1) is 16.5 Å². The molecule has 32 heavy (non-hydrogen) atoms. The van der Waals surface area contributed by atoms with Crippen molar-refractivity contribution >= 4 is 27.6 Å². The van der Waals surface area contributed by atoms with Gasteiger partial charge in [-0.2, -0.15) is 9.98 Å². The molecule has 3 aromatic carbocycles. The maximum Gasteiger partial charge on any atom is 0.321 e. The second-order valence-corrected chi connectivity index (χ2v) is 8.35. The highest BCUT2D eigenvalue weighted by molar-refractivity contribution is 7.89. The number of nitrogens with zero attached hydrogens (tertiary/aromatic N) is 1. The molecule has 9 heteroatoms. The Balaban J connectivity index is 1.54. The number of para-hydroxylation sites is 1. The van der Waals surface area contributed by atoms with Crippen molar-refractivity contribution in [1.29, 1.82) is 5.26 Å². The summed E-state index contributed by atoms with van der Waals surface area (Å²) in [6.45, 7) is -1.24. The van der Waals surface area contributed by atoms with Crippen LogP contribution >= 0.6 is 0 Å². The van der Waals surface area contributed by atoms with Gasteiger partial charge in [0.1, 0.15) is 6.54 Å². The van der Waals surface area contributed by atoms with Gasteiger partial charge >= 0.3 is 5.97 Å². The maximum absolute atomic E-state index is 12.2. The second kappa shape index (κ2) is 10.3. The minimum absolute atomic E-state index is 0.153. The van der Waals surface area contributed by atoms with Gasteiger partial charge in [-0.15, -0.1) is 0 Å². The first-order valence-electron chi connectivity index (χ1n) is 9.49. The normalized spacial score (nSPS) is 10.7. The Hall–Kier alpha value is -4.00. The molecule has 3 aromatic rings. The second-order valence-electron chi connectivity index (χ2n) is 6.58. The third-order valence-electron chi connectivity index (χ3n) is 4.33.